The van der Waals surface area contributed by atoms with E-state index in [1.54, 1.807) is 0 Å². The van der Waals surface area contributed by atoms with Gasteiger partial charge in [-0.05, 0) is 37.5 Å². The molecule has 86 valence electrons. The van der Waals surface area contributed by atoms with E-state index in [0.29, 0.717) is 5.92 Å². The molecular weight excluding hydrogens is 198 g/mol. The summed E-state index contributed by atoms with van der Waals surface area (Å²) in [5.74, 6) is 1.28. The fraction of sp³-hybridized carbons (Fsp3) is 0.429. The van der Waals surface area contributed by atoms with Crippen LogP contribution in [-0.2, 0) is 0 Å². The Balaban J connectivity index is 2.56. The van der Waals surface area contributed by atoms with Gasteiger partial charge < -0.3 is 10.2 Å². The molecule has 2 nitrogen and oxygen atoms in total. The Morgan fingerprint density at radius 2 is 1.81 bits per heavy atom. The van der Waals surface area contributed by atoms with Gasteiger partial charge in [-0.25, -0.2) is 0 Å². The van der Waals surface area contributed by atoms with Crippen molar-refractivity contribution in [2.45, 2.75) is 33.7 Å². The molecule has 0 fully saturated rings. The topological polar surface area (TPSA) is 39.2 Å². The zero-order valence-corrected chi connectivity index (χ0v) is 10.4. The first-order chi connectivity index (χ1) is 7.49. The summed E-state index contributed by atoms with van der Waals surface area (Å²) in [6.45, 7) is 8.39. The number of nitrogens with two attached hydrogens (primary N) is 1. The molecule has 1 unspecified atom stereocenters. The summed E-state index contributed by atoms with van der Waals surface area (Å²) < 4.78 is 5.85. The Morgan fingerprint density at radius 3 is 2.44 bits per heavy atom. The molecule has 1 atom stereocenters. The predicted octanol–water partition coefficient (Wildman–Crippen LogP) is 3.71. The van der Waals surface area contributed by atoms with Crippen LogP contribution in [0, 0.1) is 19.8 Å². The standard InChI is InChI=1S/C14H19NO/c1-8(2)13(15)12-7-11-6-9(3)5-10(4)14(11)16-12/h5-8,13H,15H2,1-4H3. The normalized spacial score (nSPS) is 13.6. The van der Waals surface area contributed by atoms with Crippen molar-refractivity contribution >= 4 is 11.0 Å². The Morgan fingerprint density at radius 1 is 1.12 bits per heavy atom. The second-order valence-corrected chi connectivity index (χ2v) is 4.92. The van der Waals surface area contributed by atoms with Crippen LogP contribution in [0.4, 0.5) is 0 Å². The minimum Gasteiger partial charge on any atom is -0.459 e. The molecule has 16 heavy (non-hydrogen) atoms. The lowest BCUT2D eigenvalue weighted by Crippen LogP contribution is -2.15. The quantitative estimate of drug-likeness (QED) is 0.833. The third-order valence-corrected chi connectivity index (χ3v) is 3.01. The van der Waals surface area contributed by atoms with E-state index in [1.165, 1.54) is 11.1 Å². The smallest absolute Gasteiger partial charge is 0.137 e. The third-order valence-electron chi connectivity index (χ3n) is 3.01. The summed E-state index contributed by atoms with van der Waals surface area (Å²) in [5, 5.41) is 1.16. The van der Waals surface area contributed by atoms with Gasteiger partial charge in [0.25, 0.3) is 0 Å². The van der Waals surface area contributed by atoms with E-state index in [0.717, 1.165) is 16.7 Å². The van der Waals surface area contributed by atoms with Crippen molar-refractivity contribution in [1.29, 1.82) is 0 Å². The summed E-state index contributed by atoms with van der Waals surface area (Å²) in [5.41, 5.74) is 9.50. The summed E-state index contributed by atoms with van der Waals surface area (Å²) in [7, 11) is 0. The number of hydrogen-bond donors (Lipinski definition) is 1. The molecule has 0 saturated heterocycles. The van der Waals surface area contributed by atoms with Crippen LogP contribution in [0.25, 0.3) is 11.0 Å². The molecule has 0 spiro atoms. The Labute approximate surface area is 96.4 Å². The number of hydrogen-bond acceptors (Lipinski definition) is 2. The molecule has 0 saturated carbocycles. The molecular formula is C14H19NO. The summed E-state index contributed by atoms with van der Waals surface area (Å²) >= 11 is 0. The van der Waals surface area contributed by atoms with E-state index in [1.807, 2.05) is 0 Å². The van der Waals surface area contributed by atoms with E-state index < -0.39 is 0 Å². The number of rotatable bonds is 2. The average Bonchev–Trinajstić information content (AvgIpc) is 2.60. The Kier molecular flexibility index (Phi) is 2.76. The number of fused-ring (bicyclic) bond motifs is 1. The van der Waals surface area contributed by atoms with Crippen molar-refractivity contribution in [1.82, 2.24) is 0 Å². The summed E-state index contributed by atoms with van der Waals surface area (Å²) in [6, 6.07) is 6.32. The monoisotopic (exact) mass is 217 g/mol. The SMILES string of the molecule is Cc1cc(C)c2oc(C(N)C(C)C)cc2c1. The molecule has 0 bridgehead atoms. The lowest BCUT2D eigenvalue weighted by molar-refractivity contribution is 0.418. The second-order valence-electron chi connectivity index (χ2n) is 4.92. The highest BCUT2D eigenvalue weighted by molar-refractivity contribution is 5.82. The van der Waals surface area contributed by atoms with Gasteiger partial charge in [0.2, 0.25) is 0 Å². The largest absolute Gasteiger partial charge is 0.459 e. The first kappa shape index (κ1) is 11.2. The van der Waals surface area contributed by atoms with E-state index in [-0.39, 0.29) is 6.04 Å². The van der Waals surface area contributed by atoms with Gasteiger partial charge >= 0.3 is 0 Å². The minimum absolute atomic E-state index is 0.0212. The maximum absolute atomic E-state index is 6.10. The Bertz CT molecular complexity index is 511. The highest BCUT2D eigenvalue weighted by Crippen LogP contribution is 2.29. The lowest BCUT2D eigenvalue weighted by Gasteiger charge is -2.11. The van der Waals surface area contributed by atoms with Crippen molar-refractivity contribution in [2.24, 2.45) is 11.7 Å². The molecule has 2 heteroatoms. The van der Waals surface area contributed by atoms with Gasteiger partial charge in [-0.1, -0.05) is 25.5 Å². The fourth-order valence-corrected chi connectivity index (χ4v) is 2.03. The van der Waals surface area contributed by atoms with Crippen molar-refractivity contribution in [2.75, 3.05) is 0 Å². The van der Waals surface area contributed by atoms with Crippen LogP contribution in [-0.4, -0.2) is 0 Å². The molecule has 0 aliphatic rings. The van der Waals surface area contributed by atoms with Crippen LogP contribution in [0.1, 0.15) is 36.8 Å². The van der Waals surface area contributed by atoms with E-state index in [9.17, 15) is 0 Å². The molecule has 0 amide bonds. The van der Waals surface area contributed by atoms with Gasteiger partial charge in [-0.3, -0.25) is 0 Å². The molecule has 1 aromatic carbocycles. The van der Waals surface area contributed by atoms with Gasteiger partial charge in [0.15, 0.2) is 0 Å². The maximum Gasteiger partial charge on any atom is 0.137 e. The molecule has 0 aliphatic heterocycles. The molecule has 0 aliphatic carbocycles. The molecule has 1 heterocycles. The molecule has 0 radical (unpaired) electrons. The van der Waals surface area contributed by atoms with Crippen LogP contribution in [0.3, 0.4) is 0 Å². The minimum atomic E-state index is -0.0212. The zero-order chi connectivity index (χ0) is 11.9. The number of benzene rings is 1. The maximum atomic E-state index is 6.10. The van der Waals surface area contributed by atoms with Gasteiger partial charge in [0, 0.05) is 5.39 Å². The van der Waals surface area contributed by atoms with Crippen molar-refractivity contribution < 1.29 is 4.42 Å². The first-order valence-corrected chi connectivity index (χ1v) is 5.75. The van der Waals surface area contributed by atoms with Crippen molar-refractivity contribution in [3.8, 4) is 0 Å². The van der Waals surface area contributed by atoms with Crippen molar-refractivity contribution in [3.05, 3.63) is 35.1 Å². The van der Waals surface area contributed by atoms with Gasteiger partial charge in [0.05, 0.1) is 6.04 Å². The highest BCUT2D eigenvalue weighted by atomic mass is 16.3. The Hall–Kier alpha value is -1.28. The van der Waals surface area contributed by atoms with Crippen LogP contribution >= 0.6 is 0 Å². The number of aryl methyl sites for hydroxylation is 2. The van der Waals surface area contributed by atoms with Gasteiger partial charge in [-0.2, -0.15) is 0 Å². The zero-order valence-electron chi connectivity index (χ0n) is 10.4. The van der Waals surface area contributed by atoms with Crippen LogP contribution in [0.2, 0.25) is 0 Å². The lowest BCUT2D eigenvalue weighted by atomic mass is 10.0. The van der Waals surface area contributed by atoms with E-state index >= 15 is 0 Å². The second kappa shape index (κ2) is 3.95. The van der Waals surface area contributed by atoms with Crippen LogP contribution < -0.4 is 5.73 Å². The van der Waals surface area contributed by atoms with Gasteiger partial charge in [0.1, 0.15) is 11.3 Å². The molecule has 2 rings (SSSR count). The molecule has 2 aromatic rings. The number of furan rings is 1. The fourth-order valence-electron chi connectivity index (χ4n) is 2.03. The molecule has 1 aromatic heterocycles. The van der Waals surface area contributed by atoms with Crippen molar-refractivity contribution in [3.63, 3.8) is 0 Å². The predicted molar refractivity (Wildman–Crippen MR) is 67.5 cm³/mol. The van der Waals surface area contributed by atoms with Gasteiger partial charge in [-0.15, -0.1) is 0 Å². The van der Waals surface area contributed by atoms with Crippen LogP contribution in [0.5, 0.6) is 0 Å². The highest BCUT2D eigenvalue weighted by Gasteiger charge is 2.16. The van der Waals surface area contributed by atoms with E-state index in [4.69, 9.17) is 10.2 Å². The summed E-state index contributed by atoms with van der Waals surface area (Å²) in [4.78, 5) is 0. The third kappa shape index (κ3) is 1.85. The van der Waals surface area contributed by atoms with Crippen LogP contribution in [0.15, 0.2) is 22.6 Å². The van der Waals surface area contributed by atoms with E-state index in [2.05, 4.69) is 45.9 Å². The molecule has 2 N–H and O–H groups in total. The summed E-state index contributed by atoms with van der Waals surface area (Å²) in [6.07, 6.45) is 0. The first-order valence-electron chi connectivity index (χ1n) is 5.75. The average molecular weight is 217 g/mol.